The highest BCUT2D eigenvalue weighted by Crippen LogP contribution is 2.29. The van der Waals surface area contributed by atoms with E-state index in [-0.39, 0.29) is 0 Å². The lowest BCUT2D eigenvalue weighted by atomic mass is 9.97. The Morgan fingerprint density at radius 3 is 1.80 bits per heavy atom. The lowest BCUT2D eigenvalue weighted by molar-refractivity contribution is -0.379. The first-order chi connectivity index (χ1) is 13.9. The van der Waals surface area contributed by atoms with Crippen LogP contribution in [-0.2, 0) is 18.9 Å². The molecule has 13 heteroatoms. The van der Waals surface area contributed by atoms with E-state index in [2.05, 4.69) is 0 Å². The minimum absolute atomic E-state index is 0.434. The fourth-order valence-corrected chi connectivity index (χ4v) is 3.09. The molecule has 0 aliphatic carbocycles. The molecule has 0 radical (unpaired) electrons. The molecule has 0 bridgehead atoms. The monoisotopic (exact) mass is 444 g/mol. The predicted molar refractivity (Wildman–Crippen MR) is 94.7 cm³/mol. The van der Waals surface area contributed by atoms with Crippen molar-refractivity contribution in [3.8, 4) is 0 Å². The second-order valence-corrected chi connectivity index (χ2v) is 8.01. The maximum Gasteiger partial charge on any atom is 0.189 e. The molecule has 11 atom stereocenters. The summed E-state index contributed by atoms with van der Waals surface area (Å²) in [6.07, 6.45) is -16.9. The van der Waals surface area contributed by atoms with Gasteiger partial charge in [0.15, 0.2) is 12.6 Å². The maximum absolute atomic E-state index is 10.4. The first-order valence-corrected chi connectivity index (χ1v) is 9.52. The van der Waals surface area contributed by atoms with Crippen molar-refractivity contribution in [3.05, 3.63) is 0 Å². The lowest BCUT2D eigenvalue weighted by Gasteiger charge is -2.45. The van der Waals surface area contributed by atoms with Crippen molar-refractivity contribution in [3.63, 3.8) is 0 Å². The number of rotatable bonds is 8. The van der Waals surface area contributed by atoms with E-state index in [0.29, 0.717) is 0 Å². The molecule has 30 heavy (non-hydrogen) atoms. The number of hydrogen-bond acceptors (Lipinski definition) is 13. The van der Waals surface area contributed by atoms with Gasteiger partial charge < -0.3 is 64.9 Å². The second kappa shape index (κ2) is 10.4. The van der Waals surface area contributed by atoms with Crippen LogP contribution in [0.5, 0.6) is 0 Å². The molecule has 2 saturated heterocycles. The van der Waals surface area contributed by atoms with Crippen molar-refractivity contribution < 1.29 is 64.9 Å². The quantitative estimate of drug-likeness (QED) is 0.171. The van der Waals surface area contributed by atoms with Crippen LogP contribution in [0.15, 0.2) is 0 Å². The zero-order valence-corrected chi connectivity index (χ0v) is 16.6. The fraction of sp³-hybridized carbons (Fsp3) is 1.00. The van der Waals surface area contributed by atoms with E-state index in [1.165, 1.54) is 13.8 Å². The zero-order valence-electron chi connectivity index (χ0n) is 16.6. The van der Waals surface area contributed by atoms with E-state index in [1.54, 1.807) is 0 Å². The molecular weight excluding hydrogens is 412 g/mol. The van der Waals surface area contributed by atoms with E-state index in [1.807, 2.05) is 0 Å². The second-order valence-electron chi connectivity index (χ2n) is 8.01. The number of hydrogen-bond donors (Lipinski definition) is 9. The van der Waals surface area contributed by atoms with Gasteiger partial charge in [0.25, 0.3) is 0 Å². The normalized spacial score (nSPS) is 44.1. The summed E-state index contributed by atoms with van der Waals surface area (Å²) >= 11 is 0. The van der Waals surface area contributed by atoms with Gasteiger partial charge in [-0.2, -0.15) is 0 Å². The van der Waals surface area contributed by atoms with Crippen LogP contribution in [0.25, 0.3) is 0 Å². The largest absolute Gasteiger partial charge is 0.394 e. The first-order valence-electron chi connectivity index (χ1n) is 9.52. The fourth-order valence-electron chi connectivity index (χ4n) is 3.09. The standard InChI is InChI=1S/C17H32O13/c1-17(2,26)8(20)5-27-14-7(4-19)29-16(13(25)11(14)23)30-15-12(24)10(22)9(21)6(3-18)28-15/h6-16,18-26H,3-5H2,1-2H3/t6?,7?,8-,9+,10?,11+,12?,13?,14+,15+,16+/m0/s1. The van der Waals surface area contributed by atoms with Gasteiger partial charge in [-0.05, 0) is 13.8 Å². The average molecular weight is 444 g/mol. The van der Waals surface area contributed by atoms with E-state index in [4.69, 9.17) is 18.9 Å². The molecule has 2 aliphatic heterocycles. The van der Waals surface area contributed by atoms with Gasteiger partial charge in [0.05, 0.1) is 25.4 Å². The molecule has 5 unspecified atom stereocenters. The molecule has 2 fully saturated rings. The van der Waals surface area contributed by atoms with Gasteiger partial charge in [0.1, 0.15) is 54.9 Å². The highest BCUT2D eigenvalue weighted by atomic mass is 16.8. The van der Waals surface area contributed by atoms with Crippen molar-refractivity contribution in [1.82, 2.24) is 0 Å². The molecule has 2 rings (SSSR count). The molecule has 0 aromatic carbocycles. The molecule has 2 heterocycles. The summed E-state index contributed by atoms with van der Waals surface area (Å²) in [6.45, 7) is 0.882. The van der Waals surface area contributed by atoms with Crippen molar-refractivity contribution in [1.29, 1.82) is 0 Å². The first kappa shape index (κ1) is 25.7. The van der Waals surface area contributed by atoms with Gasteiger partial charge in [-0.25, -0.2) is 0 Å². The Bertz CT molecular complexity index is 524. The van der Waals surface area contributed by atoms with E-state index >= 15 is 0 Å². The molecule has 13 nitrogen and oxygen atoms in total. The summed E-state index contributed by atoms with van der Waals surface area (Å²) < 4.78 is 21.2. The van der Waals surface area contributed by atoms with Gasteiger partial charge in [-0.3, -0.25) is 0 Å². The highest BCUT2D eigenvalue weighted by molar-refractivity contribution is 4.93. The van der Waals surface area contributed by atoms with Crippen LogP contribution < -0.4 is 0 Å². The van der Waals surface area contributed by atoms with E-state index in [0.717, 1.165) is 0 Å². The maximum atomic E-state index is 10.4. The molecule has 9 N–H and O–H groups in total. The Labute approximate surface area is 172 Å². The Hall–Kier alpha value is -0.520. The van der Waals surface area contributed by atoms with Gasteiger partial charge in [0, 0.05) is 0 Å². The van der Waals surface area contributed by atoms with Crippen LogP contribution in [0.4, 0.5) is 0 Å². The van der Waals surface area contributed by atoms with E-state index in [9.17, 15) is 46.0 Å². The summed E-state index contributed by atoms with van der Waals surface area (Å²) in [5.74, 6) is 0. The highest BCUT2D eigenvalue weighted by Gasteiger charge is 2.50. The Kier molecular flexibility index (Phi) is 8.92. The van der Waals surface area contributed by atoms with Crippen LogP contribution in [0.3, 0.4) is 0 Å². The Morgan fingerprint density at radius 1 is 0.800 bits per heavy atom. The third-order valence-corrected chi connectivity index (χ3v) is 5.20. The predicted octanol–water partition coefficient (Wildman–Crippen LogP) is -5.24. The zero-order chi connectivity index (χ0) is 22.8. The lowest BCUT2D eigenvalue weighted by Crippen LogP contribution is -2.64. The molecule has 0 aromatic heterocycles. The van der Waals surface area contributed by atoms with Crippen LogP contribution in [0, 0.1) is 0 Å². The molecule has 0 amide bonds. The third kappa shape index (κ3) is 5.63. The third-order valence-electron chi connectivity index (χ3n) is 5.20. The summed E-state index contributed by atoms with van der Waals surface area (Å²) in [5.41, 5.74) is -1.50. The summed E-state index contributed by atoms with van der Waals surface area (Å²) in [4.78, 5) is 0. The molecule has 0 saturated carbocycles. The summed E-state index contributed by atoms with van der Waals surface area (Å²) in [6, 6.07) is 0. The minimum atomic E-state index is -1.76. The minimum Gasteiger partial charge on any atom is -0.394 e. The summed E-state index contributed by atoms with van der Waals surface area (Å²) in [5, 5.41) is 88.8. The average Bonchev–Trinajstić information content (AvgIpc) is 2.69. The smallest absolute Gasteiger partial charge is 0.189 e. The van der Waals surface area contributed by atoms with Crippen molar-refractivity contribution >= 4 is 0 Å². The van der Waals surface area contributed by atoms with Crippen LogP contribution in [0.1, 0.15) is 13.8 Å². The Balaban J connectivity index is 2.05. The number of aliphatic hydroxyl groups is 9. The van der Waals surface area contributed by atoms with Crippen LogP contribution in [0.2, 0.25) is 0 Å². The van der Waals surface area contributed by atoms with Crippen molar-refractivity contribution in [2.24, 2.45) is 0 Å². The number of aliphatic hydroxyl groups excluding tert-OH is 8. The molecular formula is C17H32O13. The van der Waals surface area contributed by atoms with Gasteiger partial charge in [-0.1, -0.05) is 0 Å². The van der Waals surface area contributed by atoms with Crippen molar-refractivity contribution in [2.45, 2.75) is 87.0 Å². The van der Waals surface area contributed by atoms with Crippen LogP contribution in [-0.4, -0.2) is 139 Å². The van der Waals surface area contributed by atoms with Crippen LogP contribution >= 0.6 is 0 Å². The van der Waals surface area contributed by atoms with Gasteiger partial charge >= 0.3 is 0 Å². The SMILES string of the molecule is CC(C)(O)[C@@H](O)CO[C@@H]1C(CO)O[C@H](O[C@H]2OC(CO)[C@@H](O)C(O)C2O)C(O)[C@H]1O. The Morgan fingerprint density at radius 2 is 1.30 bits per heavy atom. The summed E-state index contributed by atoms with van der Waals surface area (Å²) in [7, 11) is 0. The topological polar surface area (TPSA) is 219 Å². The molecule has 0 spiro atoms. The number of ether oxygens (including phenoxy) is 4. The van der Waals surface area contributed by atoms with Gasteiger partial charge in [-0.15, -0.1) is 0 Å². The molecule has 2 aliphatic rings. The molecule has 178 valence electrons. The van der Waals surface area contributed by atoms with Crippen molar-refractivity contribution in [2.75, 3.05) is 19.8 Å². The van der Waals surface area contributed by atoms with E-state index < -0.39 is 92.9 Å². The molecule has 0 aromatic rings. The van der Waals surface area contributed by atoms with Gasteiger partial charge in [0.2, 0.25) is 0 Å².